The molecule has 2 amide bonds. The third-order valence-corrected chi connectivity index (χ3v) is 6.12. The standard InChI is InChI=1S/C17H22N4O4S2/c18-17-20-11(9-27-17)12-4-1-7-21(12)16(25)14(23)13(22)15(24)19-6-5-10-3-2-8-26-10/h2-3,8-9,12-14,22-23H,1,4-7H2,(H2,18,20)(H,19,24)/t12-,13-,14-/m1/s1. The molecule has 0 saturated carbocycles. The Balaban J connectivity index is 1.55. The molecule has 10 heteroatoms. The van der Waals surface area contributed by atoms with E-state index in [1.54, 1.807) is 16.7 Å². The first-order valence-corrected chi connectivity index (χ1v) is 10.4. The lowest BCUT2D eigenvalue weighted by Crippen LogP contribution is -2.50. The summed E-state index contributed by atoms with van der Waals surface area (Å²) < 4.78 is 0. The molecule has 27 heavy (non-hydrogen) atoms. The largest absolute Gasteiger partial charge is 0.380 e. The topological polar surface area (TPSA) is 129 Å². The molecule has 1 aliphatic rings. The molecule has 1 aliphatic heterocycles. The highest BCUT2D eigenvalue weighted by Crippen LogP contribution is 2.33. The van der Waals surface area contributed by atoms with Crippen LogP contribution in [-0.4, -0.2) is 57.2 Å². The zero-order valence-corrected chi connectivity index (χ0v) is 16.2. The van der Waals surface area contributed by atoms with Crippen molar-refractivity contribution in [2.24, 2.45) is 0 Å². The third kappa shape index (κ3) is 4.64. The monoisotopic (exact) mass is 410 g/mol. The van der Waals surface area contributed by atoms with E-state index in [0.717, 1.165) is 11.3 Å². The lowest BCUT2D eigenvalue weighted by molar-refractivity contribution is -0.153. The van der Waals surface area contributed by atoms with Crippen LogP contribution in [0.1, 0.15) is 29.5 Å². The summed E-state index contributed by atoms with van der Waals surface area (Å²) in [5, 5.41) is 27.0. The van der Waals surface area contributed by atoms with Crippen LogP contribution in [0.3, 0.4) is 0 Å². The summed E-state index contributed by atoms with van der Waals surface area (Å²) in [5.74, 6) is -1.44. The van der Waals surface area contributed by atoms with Crippen molar-refractivity contribution < 1.29 is 19.8 Å². The Hall–Kier alpha value is -2.01. The summed E-state index contributed by atoms with van der Waals surface area (Å²) in [6, 6.07) is 3.57. The van der Waals surface area contributed by atoms with Gasteiger partial charge in [-0.3, -0.25) is 9.59 Å². The van der Waals surface area contributed by atoms with E-state index in [1.165, 1.54) is 16.2 Å². The SMILES string of the molecule is Nc1nc([C@H]2CCCN2C(=O)[C@H](O)[C@@H](O)C(=O)NCCc2cccs2)cs1. The van der Waals surface area contributed by atoms with Gasteiger partial charge >= 0.3 is 0 Å². The number of carbonyl (C=O) groups is 2. The first-order valence-electron chi connectivity index (χ1n) is 8.65. The van der Waals surface area contributed by atoms with E-state index in [9.17, 15) is 19.8 Å². The van der Waals surface area contributed by atoms with Crippen LogP contribution >= 0.6 is 22.7 Å². The summed E-state index contributed by atoms with van der Waals surface area (Å²) in [6.07, 6.45) is -1.56. The predicted octanol–water partition coefficient (Wildman–Crippen LogP) is 0.531. The second kappa shape index (κ2) is 8.79. The fourth-order valence-corrected chi connectivity index (χ4v) is 4.43. The summed E-state index contributed by atoms with van der Waals surface area (Å²) in [5.41, 5.74) is 6.33. The molecular weight excluding hydrogens is 388 g/mol. The molecule has 0 aromatic carbocycles. The quantitative estimate of drug-likeness (QED) is 0.527. The number of nitrogen functional groups attached to an aromatic ring is 1. The van der Waals surface area contributed by atoms with Gasteiger partial charge in [-0.15, -0.1) is 22.7 Å². The van der Waals surface area contributed by atoms with Gasteiger partial charge in [0.25, 0.3) is 11.8 Å². The Morgan fingerprint density at radius 1 is 1.37 bits per heavy atom. The van der Waals surface area contributed by atoms with Crippen molar-refractivity contribution in [3.8, 4) is 0 Å². The Morgan fingerprint density at radius 2 is 2.19 bits per heavy atom. The van der Waals surface area contributed by atoms with Gasteiger partial charge in [-0.1, -0.05) is 6.07 Å². The van der Waals surface area contributed by atoms with Gasteiger partial charge < -0.3 is 26.2 Å². The van der Waals surface area contributed by atoms with Gasteiger partial charge in [0.2, 0.25) is 0 Å². The minimum Gasteiger partial charge on any atom is -0.380 e. The maximum absolute atomic E-state index is 12.6. The number of anilines is 1. The Labute approximate surface area is 164 Å². The van der Waals surface area contributed by atoms with E-state index in [2.05, 4.69) is 10.3 Å². The Bertz CT molecular complexity index is 780. The van der Waals surface area contributed by atoms with Crippen LogP contribution in [0.25, 0.3) is 0 Å². The molecule has 1 fully saturated rings. The van der Waals surface area contributed by atoms with Crippen LogP contribution < -0.4 is 11.1 Å². The predicted molar refractivity (Wildman–Crippen MR) is 103 cm³/mol. The van der Waals surface area contributed by atoms with Crippen molar-refractivity contribution in [2.75, 3.05) is 18.8 Å². The number of nitrogens with zero attached hydrogens (tertiary/aromatic N) is 2. The van der Waals surface area contributed by atoms with Crippen molar-refractivity contribution in [3.05, 3.63) is 33.5 Å². The number of aromatic nitrogens is 1. The molecule has 2 aromatic rings. The minimum absolute atomic E-state index is 0.296. The van der Waals surface area contributed by atoms with Crippen molar-refractivity contribution in [3.63, 3.8) is 0 Å². The minimum atomic E-state index is -1.82. The number of aliphatic hydroxyl groups is 2. The summed E-state index contributed by atoms with van der Waals surface area (Å²) >= 11 is 2.86. The van der Waals surface area contributed by atoms with Gasteiger partial charge in [0.05, 0.1) is 11.7 Å². The van der Waals surface area contributed by atoms with Gasteiger partial charge in [0.1, 0.15) is 0 Å². The van der Waals surface area contributed by atoms with Gasteiger partial charge in [0.15, 0.2) is 17.3 Å². The highest BCUT2D eigenvalue weighted by atomic mass is 32.1. The molecule has 2 aromatic heterocycles. The van der Waals surface area contributed by atoms with Crippen molar-refractivity contribution in [2.45, 2.75) is 37.5 Å². The fraction of sp³-hybridized carbons (Fsp3) is 0.471. The maximum Gasteiger partial charge on any atom is 0.255 e. The lowest BCUT2D eigenvalue weighted by atomic mass is 10.1. The maximum atomic E-state index is 12.6. The molecule has 3 heterocycles. The van der Waals surface area contributed by atoms with Crippen molar-refractivity contribution >= 4 is 39.6 Å². The van der Waals surface area contributed by atoms with E-state index in [1.807, 2.05) is 17.5 Å². The molecule has 1 saturated heterocycles. The molecule has 5 N–H and O–H groups in total. The number of nitrogens with one attached hydrogen (secondary N) is 1. The second-order valence-corrected chi connectivity index (χ2v) is 8.23. The highest BCUT2D eigenvalue weighted by Gasteiger charge is 2.39. The smallest absolute Gasteiger partial charge is 0.255 e. The second-order valence-electron chi connectivity index (χ2n) is 6.31. The van der Waals surface area contributed by atoms with E-state index in [4.69, 9.17) is 5.73 Å². The van der Waals surface area contributed by atoms with Crippen LogP contribution in [-0.2, 0) is 16.0 Å². The number of hydrogen-bond acceptors (Lipinski definition) is 8. The van der Waals surface area contributed by atoms with Gasteiger partial charge in [-0.05, 0) is 30.7 Å². The molecular formula is C17H22N4O4S2. The molecule has 0 bridgehead atoms. The zero-order chi connectivity index (χ0) is 19.4. The van der Waals surface area contributed by atoms with Gasteiger partial charge in [0, 0.05) is 23.3 Å². The summed E-state index contributed by atoms with van der Waals surface area (Å²) in [4.78, 5) is 31.5. The van der Waals surface area contributed by atoms with Gasteiger partial charge in [-0.2, -0.15) is 0 Å². The fourth-order valence-electron chi connectivity index (χ4n) is 3.11. The number of amides is 2. The molecule has 0 unspecified atom stereocenters. The molecule has 8 nitrogen and oxygen atoms in total. The number of thiophene rings is 1. The number of thiazole rings is 1. The molecule has 0 spiro atoms. The Kier molecular flexibility index (Phi) is 6.42. The van der Waals surface area contributed by atoms with Crippen molar-refractivity contribution in [1.29, 1.82) is 0 Å². The number of carbonyl (C=O) groups excluding carboxylic acids is 2. The summed E-state index contributed by atoms with van der Waals surface area (Å²) in [7, 11) is 0. The van der Waals surface area contributed by atoms with E-state index in [-0.39, 0.29) is 6.04 Å². The van der Waals surface area contributed by atoms with Crippen LogP contribution in [0.5, 0.6) is 0 Å². The molecule has 0 aliphatic carbocycles. The van der Waals surface area contributed by atoms with Crippen LogP contribution in [0, 0.1) is 0 Å². The molecule has 3 atom stereocenters. The van der Waals surface area contributed by atoms with E-state index < -0.39 is 24.0 Å². The number of aliphatic hydroxyl groups excluding tert-OH is 2. The number of rotatable bonds is 7. The average molecular weight is 411 g/mol. The van der Waals surface area contributed by atoms with E-state index >= 15 is 0 Å². The molecule has 146 valence electrons. The number of hydrogen-bond donors (Lipinski definition) is 4. The number of likely N-dealkylation sites (tertiary alicyclic amines) is 1. The number of nitrogens with two attached hydrogens (primary N) is 1. The molecule has 0 radical (unpaired) electrons. The van der Waals surface area contributed by atoms with Gasteiger partial charge in [-0.25, -0.2) is 4.98 Å². The average Bonchev–Trinajstić information content (AvgIpc) is 3.40. The highest BCUT2D eigenvalue weighted by molar-refractivity contribution is 7.13. The molecule has 3 rings (SSSR count). The van der Waals surface area contributed by atoms with Crippen LogP contribution in [0.2, 0.25) is 0 Å². The summed E-state index contributed by atoms with van der Waals surface area (Å²) in [6.45, 7) is 0.756. The van der Waals surface area contributed by atoms with Crippen LogP contribution in [0.15, 0.2) is 22.9 Å². The van der Waals surface area contributed by atoms with E-state index in [0.29, 0.717) is 36.8 Å². The lowest BCUT2D eigenvalue weighted by Gasteiger charge is -2.27. The first-order chi connectivity index (χ1) is 13.0. The normalized spacial score (nSPS) is 19.0. The van der Waals surface area contributed by atoms with Crippen molar-refractivity contribution in [1.82, 2.24) is 15.2 Å². The Morgan fingerprint density at radius 3 is 2.85 bits per heavy atom. The third-order valence-electron chi connectivity index (χ3n) is 4.49. The van der Waals surface area contributed by atoms with Crippen LogP contribution in [0.4, 0.5) is 5.13 Å². The zero-order valence-electron chi connectivity index (χ0n) is 14.6. The first kappa shape index (κ1) is 19.7.